The van der Waals surface area contributed by atoms with Gasteiger partial charge in [-0.25, -0.2) is 0 Å². The lowest BCUT2D eigenvalue weighted by atomic mass is 10.1. The lowest BCUT2D eigenvalue weighted by molar-refractivity contribution is -0.118. The van der Waals surface area contributed by atoms with Gasteiger partial charge in [0, 0.05) is 7.05 Å². The van der Waals surface area contributed by atoms with E-state index >= 15 is 0 Å². The smallest absolute Gasteiger partial charge is 0.230 e. The van der Waals surface area contributed by atoms with E-state index in [1.807, 2.05) is 43.7 Å². The number of hydrogen-bond donors (Lipinski definition) is 1. The number of aromatic nitrogens is 3. The highest BCUT2D eigenvalue weighted by atomic mass is 32.2. The zero-order chi connectivity index (χ0) is 20.1. The highest BCUT2D eigenvalue weighted by Crippen LogP contribution is 2.26. The van der Waals surface area contributed by atoms with Crippen LogP contribution in [0.5, 0.6) is 5.75 Å². The Hall–Kier alpha value is -2.74. The molecule has 3 rings (SSSR count). The topological polar surface area (TPSA) is 82.2 Å². The van der Waals surface area contributed by atoms with Crippen LogP contribution in [0.25, 0.3) is 0 Å². The molecule has 0 fully saturated rings. The second kappa shape index (κ2) is 8.97. The summed E-state index contributed by atoms with van der Waals surface area (Å²) in [6.07, 6.45) is 1.32. The summed E-state index contributed by atoms with van der Waals surface area (Å²) in [6.45, 7) is 6.39. The number of benzene rings is 1. The van der Waals surface area contributed by atoms with Crippen molar-refractivity contribution in [1.29, 1.82) is 0 Å². The molecule has 1 aromatic carbocycles. The zero-order valence-corrected chi connectivity index (χ0v) is 17.2. The fourth-order valence-electron chi connectivity index (χ4n) is 2.76. The number of carbonyl (C=O) groups is 1. The third-order valence-corrected chi connectivity index (χ3v) is 5.26. The first-order valence-electron chi connectivity index (χ1n) is 8.99. The largest absolute Gasteiger partial charge is 0.482 e. The van der Waals surface area contributed by atoms with Crippen LogP contribution in [-0.2, 0) is 18.4 Å². The third kappa shape index (κ3) is 4.95. The molecule has 0 radical (unpaired) electrons. The van der Waals surface area contributed by atoms with Gasteiger partial charge < -0.3 is 19.0 Å². The average molecular weight is 401 g/mol. The van der Waals surface area contributed by atoms with Crippen LogP contribution < -0.4 is 10.1 Å². The van der Waals surface area contributed by atoms with Gasteiger partial charge in [0.15, 0.2) is 17.1 Å². The summed E-state index contributed by atoms with van der Waals surface area (Å²) in [7, 11) is 1.88. The van der Waals surface area contributed by atoms with Crippen molar-refractivity contribution < 1.29 is 13.9 Å². The fourth-order valence-corrected chi connectivity index (χ4v) is 3.51. The molecule has 1 N–H and O–H groups in total. The molecule has 1 unspecified atom stereocenters. The Morgan fingerprint density at radius 1 is 1.32 bits per heavy atom. The summed E-state index contributed by atoms with van der Waals surface area (Å²) in [4.78, 5) is 12.0. The summed E-state index contributed by atoms with van der Waals surface area (Å²) < 4.78 is 13.1. The van der Waals surface area contributed by atoms with Crippen molar-refractivity contribution in [2.45, 2.75) is 38.6 Å². The van der Waals surface area contributed by atoms with E-state index in [0.717, 1.165) is 17.1 Å². The minimum atomic E-state index is -0.263. The maximum Gasteiger partial charge on any atom is 0.230 e. The van der Waals surface area contributed by atoms with Crippen molar-refractivity contribution in [2.24, 2.45) is 7.05 Å². The van der Waals surface area contributed by atoms with Gasteiger partial charge in [-0.15, -0.1) is 10.2 Å². The zero-order valence-electron chi connectivity index (χ0n) is 16.4. The van der Waals surface area contributed by atoms with Crippen LogP contribution in [-0.4, -0.2) is 26.4 Å². The molecular weight excluding hydrogens is 376 g/mol. The molecule has 0 bridgehead atoms. The Balaban J connectivity index is 1.56. The van der Waals surface area contributed by atoms with Gasteiger partial charge in [-0.3, -0.25) is 4.79 Å². The van der Waals surface area contributed by atoms with Gasteiger partial charge in [-0.2, -0.15) is 0 Å². The molecule has 3 aromatic rings. The van der Waals surface area contributed by atoms with Crippen LogP contribution in [0.15, 0.2) is 46.2 Å². The predicted molar refractivity (Wildman–Crippen MR) is 107 cm³/mol. The molecule has 2 heterocycles. The molecule has 0 aliphatic heterocycles. The van der Waals surface area contributed by atoms with E-state index in [4.69, 9.17) is 9.15 Å². The Morgan fingerprint density at radius 3 is 2.86 bits per heavy atom. The van der Waals surface area contributed by atoms with Gasteiger partial charge in [0.1, 0.15) is 11.5 Å². The average Bonchev–Trinajstić information content (AvgIpc) is 3.30. The maximum atomic E-state index is 12.0. The first-order valence-corrected chi connectivity index (χ1v) is 9.97. The van der Waals surface area contributed by atoms with Crippen LogP contribution >= 0.6 is 11.8 Å². The number of nitrogens with one attached hydrogen (secondary N) is 1. The molecule has 0 aliphatic rings. The maximum absolute atomic E-state index is 12.0. The summed E-state index contributed by atoms with van der Waals surface area (Å²) >= 11 is 1.33. The highest BCUT2D eigenvalue weighted by molar-refractivity contribution is 7.99. The number of carbonyl (C=O) groups excluding carboxylic acids is 1. The minimum absolute atomic E-state index is 0.0921. The van der Waals surface area contributed by atoms with Gasteiger partial charge >= 0.3 is 0 Å². The lowest BCUT2D eigenvalue weighted by Crippen LogP contribution is -2.24. The molecule has 1 atom stereocenters. The molecule has 2 aromatic heterocycles. The SMILES string of the molecule is Cc1ccc(OC(C)c2nnc(SCC(=O)NCc3ccco3)n2C)c(C)c1. The first-order chi connectivity index (χ1) is 13.4. The quantitative estimate of drug-likeness (QED) is 0.582. The number of amides is 1. The van der Waals surface area contributed by atoms with E-state index < -0.39 is 0 Å². The van der Waals surface area contributed by atoms with Gasteiger partial charge in [-0.05, 0) is 44.5 Å². The van der Waals surface area contributed by atoms with Crippen molar-refractivity contribution in [3.05, 3.63) is 59.3 Å². The van der Waals surface area contributed by atoms with E-state index in [9.17, 15) is 4.79 Å². The summed E-state index contributed by atoms with van der Waals surface area (Å²) in [5.41, 5.74) is 2.28. The number of rotatable bonds is 8. The van der Waals surface area contributed by atoms with Gasteiger partial charge in [-0.1, -0.05) is 29.5 Å². The van der Waals surface area contributed by atoms with Gasteiger partial charge in [0.2, 0.25) is 5.91 Å². The van der Waals surface area contributed by atoms with Crippen molar-refractivity contribution >= 4 is 17.7 Å². The normalized spacial score (nSPS) is 12.0. The molecule has 7 nitrogen and oxygen atoms in total. The monoisotopic (exact) mass is 400 g/mol. The number of hydrogen-bond acceptors (Lipinski definition) is 6. The van der Waals surface area contributed by atoms with Crippen LogP contribution in [0, 0.1) is 13.8 Å². The van der Waals surface area contributed by atoms with Crippen LogP contribution in [0.3, 0.4) is 0 Å². The van der Waals surface area contributed by atoms with E-state index in [0.29, 0.717) is 17.5 Å². The van der Waals surface area contributed by atoms with Crippen molar-refractivity contribution in [1.82, 2.24) is 20.1 Å². The number of furan rings is 1. The highest BCUT2D eigenvalue weighted by Gasteiger charge is 2.18. The third-order valence-electron chi connectivity index (χ3n) is 4.24. The Bertz CT molecular complexity index is 937. The second-order valence-electron chi connectivity index (χ2n) is 6.57. The van der Waals surface area contributed by atoms with E-state index in [-0.39, 0.29) is 17.8 Å². The fraction of sp³-hybridized carbons (Fsp3) is 0.350. The number of ether oxygens (including phenoxy) is 1. The lowest BCUT2D eigenvalue weighted by Gasteiger charge is -2.16. The van der Waals surface area contributed by atoms with E-state index in [1.54, 1.807) is 12.3 Å². The molecular formula is C20H24N4O3S. The van der Waals surface area contributed by atoms with E-state index in [2.05, 4.69) is 28.5 Å². The number of nitrogens with zero attached hydrogens (tertiary/aromatic N) is 3. The number of aryl methyl sites for hydroxylation is 2. The van der Waals surface area contributed by atoms with E-state index in [1.165, 1.54) is 17.3 Å². The van der Waals surface area contributed by atoms with Gasteiger partial charge in [0.05, 0.1) is 18.6 Å². The first kappa shape index (κ1) is 20.0. The van der Waals surface area contributed by atoms with Crippen molar-refractivity contribution in [3.63, 3.8) is 0 Å². The minimum Gasteiger partial charge on any atom is -0.482 e. The molecule has 0 saturated heterocycles. The van der Waals surface area contributed by atoms with Crippen LogP contribution in [0.4, 0.5) is 0 Å². The Kier molecular flexibility index (Phi) is 6.41. The van der Waals surface area contributed by atoms with Crippen LogP contribution in [0.1, 0.15) is 35.7 Å². The second-order valence-corrected chi connectivity index (χ2v) is 7.52. The molecule has 0 saturated carbocycles. The van der Waals surface area contributed by atoms with Crippen LogP contribution in [0.2, 0.25) is 0 Å². The number of thioether (sulfide) groups is 1. The summed E-state index contributed by atoms with van der Waals surface area (Å²) in [5.74, 6) is 2.41. The predicted octanol–water partition coefficient (Wildman–Crippen LogP) is 3.57. The van der Waals surface area contributed by atoms with Gasteiger partial charge in [0.25, 0.3) is 0 Å². The molecule has 0 aliphatic carbocycles. The molecule has 0 spiro atoms. The summed E-state index contributed by atoms with van der Waals surface area (Å²) in [6, 6.07) is 9.68. The Labute approximate surface area is 168 Å². The molecule has 28 heavy (non-hydrogen) atoms. The Morgan fingerprint density at radius 2 is 2.14 bits per heavy atom. The summed E-state index contributed by atoms with van der Waals surface area (Å²) in [5, 5.41) is 11.9. The standard InChI is InChI=1S/C20H24N4O3S/c1-13-7-8-17(14(2)10-13)27-15(3)19-22-23-20(24(19)4)28-12-18(25)21-11-16-6-5-9-26-16/h5-10,15H,11-12H2,1-4H3,(H,21,25). The van der Waals surface area contributed by atoms with Crippen molar-refractivity contribution in [2.75, 3.05) is 5.75 Å². The molecule has 148 valence electrons. The van der Waals surface area contributed by atoms with Crippen molar-refractivity contribution in [3.8, 4) is 5.75 Å². The molecule has 1 amide bonds. The molecule has 8 heteroatoms.